The zero-order valence-electron chi connectivity index (χ0n) is 10.3. The largest absolute Gasteiger partial charge is 0.370 e. The molecule has 0 saturated carbocycles. The lowest BCUT2D eigenvalue weighted by Gasteiger charge is -2.08. The van der Waals surface area contributed by atoms with Crippen LogP contribution in [0.25, 0.3) is 0 Å². The summed E-state index contributed by atoms with van der Waals surface area (Å²) in [5.74, 6) is 2.05. The second-order valence-electron chi connectivity index (χ2n) is 3.90. The molecular formula is C13H18N4. The number of hydrogen-bond donors (Lipinski definition) is 1. The number of hydrogen-bond acceptors (Lipinski definition) is 3. The average Bonchev–Trinajstić information content (AvgIpc) is 2.77. The summed E-state index contributed by atoms with van der Waals surface area (Å²) < 4.78 is 2.17. The Kier molecular flexibility index (Phi) is 3.75. The van der Waals surface area contributed by atoms with Crippen LogP contribution < -0.4 is 5.32 Å². The molecule has 0 aliphatic carbocycles. The van der Waals surface area contributed by atoms with E-state index in [0.717, 1.165) is 31.2 Å². The number of nitrogens with one attached hydrogen (secondary N) is 1. The smallest absolute Gasteiger partial charge is 0.126 e. The van der Waals surface area contributed by atoms with Gasteiger partial charge in [-0.1, -0.05) is 6.92 Å². The molecule has 17 heavy (non-hydrogen) atoms. The van der Waals surface area contributed by atoms with Crippen LogP contribution in [0.15, 0.2) is 30.7 Å². The molecule has 4 heteroatoms. The van der Waals surface area contributed by atoms with Crippen LogP contribution in [0.3, 0.4) is 0 Å². The molecule has 2 rings (SSSR count). The highest BCUT2D eigenvalue weighted by atomic mass is 15.1. The molecule has 4 nitrogen and oxygen atoms in total. The van der Waals surface area contributed by atoms with Gasteiger partial charge in [-0.2, -0.15) is 0 Å². The van der Waals surface area contributed by atoms with Gasteiger partial charge in [0, 0.05) is 38.1 Å². The molecule has 0 unspecified atom stereocenters. The van der Waals surface area contributed by atoms with Crippen molar-refractivity contribution in [1.82, 2.24) is 14.5 Å². The van der Waals surface area contributed by atoms with Gasteiger partial charge in [0.1, 0.15) is 11.6 Å². The van der Waals surface area contributed by atoms with E-state index in [2.05, 4.69) is 39.8 Å². The Morgan fingerprint density at radius 2 is 2.12 bits per heavy atom. The van der Waals surface area contributed by atoms with Gasteiger partial charge < -0.3 is 9.88 Å². The van der Waals surface area contributed by atoms with Crippen LogP contribution in [0.4, 0.5) is 5.82 Å². The van der Waals surface area contributed by atoms with Gasteiger partial charge in [0.15, 0.2) is 0 Å². The zero-order valence-corrected chi connectivity index (χ0v) is 10.3. The summed E-state index contributed by atoms with van der Waals surface area (Å²) in [6.07, 6.45) is 6.67. The highest BCUT2D eigenvalue weighted by Crippen LogP contribution is 2.10. The topological polar surface area (TPSA) is 42.7 Å². The van der Waals surface area contributed by atoms with E-state index in [-0.39, 0.29) is 0 Å². The van der Waals surface area contributed by atoms with Gasteiger partial charge in [-0.15, -0.1) is 0 Å². The van der Waals surface area contributed by atoms with Crippen molar-refractivity contribution in [2.75, 3.05) is 11.9 Å². The Morgan fingerprint density at radius 3 is 2.88 bits per heavy atom. The molecule has 1 N–H and O–H groups in total. The van der Waals surface area contributed by atoms with Crippen molar-refractivity contribution in [2.45, 2.75) is 26.8 Å². The standard InChI is InChI=1S/C13H18N4/c1-3-13-16-7-8-17(13)10-11-5-6-15-12(9-11)14-4-2/h5-9H,3-4,10H2,1-2H3,(H,14,15). The lowest BCUT2D eigenvalue weighted by Crippen LogP contribution is -2.05. The first-order valence-electron chi connectivity index (χ1n) is 6.02. The summed E-state index contributed by atoms with van der Waals surface area (Å²) in [7, 11) is 0. The van der Waals surface area contributed by atoms with Crippen LogP contribution in [-0.2, 0) is 13.0 Å². The molecule has 0 aromatic carbocycles. The van der Waals surface area contributed by atoms with Crippen molar-refractivity contribution in [3.05, 3.63) is 42.1 Å². The Balaban J connectivity index is 2.15. The zero-order chi connectivity index (χ0) is 12.1. The monoisotopic (exact) mass is 230 g/mol. The van der Waals surface area contributed by atoms with Gasteiger partial charge in [0.05, 0.1) is 0 Å². The molecule has 0 bridgehead atoms. The summed E-state index contributed by atoms with van der Waals surface area (Å²) in [6.45, 7) is 5.93. The second kappa shape index (κ2) is 5.48. The summed E-state index contributed by atoms with van der Waals surface area (Å²) in [4.78, 5) is 8.59. The van der Waals surface area contributed by atoms with Crippen LogP contribution in [0.1, 0.15) is 25.2 Å². The number of nitrogens with zero attached hydrogens (tertiary/aromatic N) is 3. The summed E-state index contributed by atoms with van der Waals surface area (Å²) in [5, 5.41) is 3.22. The average molecular weight is 230 g/mol. The molecule has 0 saturated heterocycles. The Hall–Kier alpha value is -1.84. The van der Waals surface area contributed by atoms with Crippen molar-refractivity contribution in [1.29, 1.82) is 0 Å². The summed E-state index contributed by atoms with van der Waals surface area (Å²) >= 11 is 0. The minimum absolute atomic E-state index is 0.851. The maximum atomic E-state index is 4.32. The first-order chi connectivity index (χ1) is 8.33. The Morgan fingerprint density at radius 1 is 1.24 bits per heavy atom. The van der Waals surface area contributed by atoms with Crippen molar-refractivity contribution in [2.24, 2.45) is 0 Å². The maximum Gasteiger partial charge on any atom is 0.126 e. The molecule has 2 aromatic heterocycles. The van der Waals surface area contributed by atoms with Gasteiger partial charge in [-0.3, -0.25) is 0 Å². The lowest BCUT2D eigenvalue weighted by molar-refractivity contribution is 0.731. The van der Waals surface area contributed by atoms with Gasteiger partial charge in [-0.05, 0) is 24.6 Å². The molecule has 0 spiro atoms. The molecule has 0 amide bonds. The van der Waals surface area contributed by atoms with Crippen LogP contribution >= 0.6 is 0 Å². The molecule has 90 valence electrons. The van der Waals surface area contributed by atoms with Crippen LogP contribution in [0.5, 0.6) is 0 Å². The highest BCUT2D eigenvalue weighted by Gasteiger charge is 2.02. The van der Waals surface area contributed by atoms with Gasteiger partial charge >= 0.3 is 0 Å². The fourth-order valence-electron chi connectivity index (χ4n) is 1.85. The maximum absolute atomic E-state index is 4.32. The molecular weight excluding hydrogens is 212 g/mol. The van der Waals surface area contributed by atoms with Gasteiger partial charge in [0.25, 0.3) is 0 Å². The summed E-state index contributed by atoms with van der Waals surface area (Å²) in [6, 6.07) is 4.13. The number of aryl methyl sites for hydroxylation is 1. The number of pyridine rings is 1. The van der Waals surface area contributed by atoms with E-state index in [1.54, 1.807) is 0 Å². The van der Waals surface area contributed by atoms with Gasteiger partial charge in [0.2, 0.25) is 0 Å². The molecule has 0 radical (unpaired) electrons. The third-order valence-corrected chi connectivity index (χ3v) is 2.65. The van der Waals surface area contributed by atoms with E-state index in [1.165, 1.54) is 5.56 Å². The third-order valence-electron chi connectivity index (χ3n) is 2.65. The molecule has 2 heterocycles. The number of rotatable bonds is 5. The molecule has 0 fully saturated rings. The molecule has 2 aromatic rings. The second-order valence-corrected chi connectivity index (χ2v) is 3.90. The fourth-order valence-corrected chi connectivity index (χ4v) is 1.85. The first-order valence-corrected chi connectivity index (χ1v) is 6.02. The predicted octanol–water partition coefficient (Wildman–Crippen LogP) is 2.32. The van der Waals surface area contributed by atoms with E-state index in [1.807, 2.05) is 24.7 Å². The number of aromatic nitrogens is 3. The van der Waals surface area contributed by atoms with E-state index < -0.39 is 0 Å². The van der Waals surface area contributed by atoms with Crippen LogP contribution in [0, 0.1) is 0 Å². The van der Waals surface area contributed by atoms with Crippen LogP contribution in [-0.4, -0.2) is 21.1 Å². The van der Waals surface area contributed by atoms with E-state index in [4.69, 9.17) is 0 Å². The van der Waals surface area contributed by atoms with Crippen molar-refractivity contribution >= 4 is 5.82 Å². The fraction of sp³-hybridized carbons (Fsp3) is 0.385. The summed E-state index contributed by atoms with van der Waals surface area (Å²) in [5.41, 5.74) is 1.24. The van der Waals surface area contributed by atoms with E-state index in [0.29, 0.717) is 0 Å². The third kappa shape index (κ3) is 2.84. The van der Waals surface area contributed by atoms with Gasteiger partial charge in [-0.25, -0.2) is 9.97 Å². The molecule has 0 atom stereocenters. The lowest BCUT2D eigenvalue weighted by atomic mass is 10.2. The van der Waals surface area contributed by atoms with Crippen molar-refractivity contribution in [3.63, 3.8) is 0 Å². The quantitative estimate of drug-likeness (QED) is 0.857. The highest BCUT2D eigenvalue weighted by molar-refractivity contribution is 5.37. The molecule has 0 aliphatic rings. The Labute approximate surface area is 102 Å². The minimum atomic E-state index is 0.851. The van der Waals surface area contributed by atoms with Crippen molar-refractivity contribution in [3.8, 4) is 0 Å². The normalized spacial score (nSPS) is 10.5. The van der Waals surface area contributed by atoms with Crippen LogP contribution in [0.2, 0.25) is 0 Å². The Bertz CT molecular complexity index is 476. The van der Waals surface area contributed by atoms with E-state index in [9.17, 15) is 0 Å². The van der Waals surface area contributed by atoms with E-state index >= 15 is 0 Å². The number of anilines is 1. The minimum Gasteiger partial charge on any atom is -0.370 e. The molecule has 0 aliphatic heterocycles. The SMILES string of the molecule is CCNc1cc(Cn2ccnc2CC)ccn1. The predicted molar refractivity (Wildman–Crippen MR) is 69.1 cm³/mol. The first kappa shape index (κ1) is 11.6. The van der Waals surface area contributed by atoms with Crippen molar-refractivity contribution < 1.29 is 0 Å². The number of imidazole rings is 1.